The van der Waals surface area contributed by atoms with Gasteiger partial charge in [-0.3, -0.25) is 9.71 Å². The van der Waals surface area contributed by atoms with Gasteiger partial charge in [-0.15, -0.1) is 0 Å². The van der Waals surface area contributed by atoms with Crippen LogP contribution in [0.1, 0.15) is 16.7 Å². The van der Waals surface area contributed by atoms with E-state index in [1.807, 2.05) is 37.3 Å². The van der Waals surface area contributed by atoms with Crippen LogP contribution in [0.3, 0.4) is 0 Å². The number of hydrogen-bond acceptors (Lipinski definition) is 4. The second-order valence-corrected chi connectivity index (χ2v) is 8.01. The highest BCUT2D eigenvalue weighted by molar-refractivity contribution is 7.93. The van der Waals surface area contributed by atoms with Gasteiger partial charge in [0.05, 0.1) is 5.52 Å². The highest BCUT2D eigenvalue weighted by Gasteiger charge is 2.19. The third kappa shape index (κ3) is 3.10. The largest absolute Gasteiger partial charge is 0.312 e. The fraction of sp³-hybridized carbons (Fsp3) is 0.211. The molecule has 0 atom stereocenters. The number of rotatable bonds is 3. The van der Waals surface area contributed by atoms with E-state index in [2.05, 4.69) is 15.0 Å². The Morgan fingerprint density at radius 1 is 1.12 bits per heavy atom. The van der Waals surface area contributed by atoms with E-state index < -0.39 is 10.0 Å². The lowest BCUT2D eigenvalue weighted by atomic mass is 10.0. The van der Waals surface area contributed by atoms with Crippen molar-refractivity contribution < 1.29 is 8.42 Å². The van der Waals surface area contributed by atoms with Crippen molar-refractivity contribution in [1.29, 1.82) is 0 Å². The van der Waals surface area contributed by atoms with Gasteiger partial charge in [-0.25, -0.2) is 8.42 Å². The summed E-state index contributed by atoms with van der Waals surface area (Å²) in [6.45, 7) is 3.66. The monoisotopic (exact) mass is 353 g/mol. The molecule has 0 aliphatic carbocycles. The molecule has 0 spiro atoms. The minimum absolute atomic E-state index is 0.195. The minimum Gasteiger partial charge on any atom is -0.312 e. The number of para-hydroxylation sites is 1. The molecule has 2 aromatic carbocycles. The lowest BCUT2D eigenvalue weighted by Gasteiger charge is -2.18. The smallest absolute Gasteiger partial charge is 0.264 e. The molecule has 0 saturated carbocycles. The van der Waals surface area contributed by atoms with Crippen molar-refractivity contribution in [2.24, 2.45) is 0 Å². The first-order valence-corrected chi connectivity index (χ1v) is 9.72. The molecule has 2 heterocycles. The zero-order valence-corrected chi connectivity index (χ0v) is 14.7. The van der Waals surface area contributed by atoms with Crippen molar-refractivity contribution in [2.75, 3.05) is 11.3 Å². The number of hydrogen-bond donors (Lipinski definition) is 2. The maximum Gasteiger partial charge on any atom is 0.264 e. The Bertz CT molecular complexity index is 1060. The average Bonchev–Trinajstić information content (AvgIpc) is 2.60. The zero-order chi connectivity index (χ0) is 17.4. The van der Waals surface area contributed by atoms with Crippen molar-refractivity contribution in [3.63, 3.8) is 0 Å². The lowest BCUT2D eigenvalue weighted by molar-refractivity contribution is 0.602. The van der Waals surface area contributed by atoms with Crippen LogP contribution in [0.25, 0.3) is 10.9 Å². The molecular formula is C19H19N3O2S. The zero-order valence-electron chi connectivity index (χ0n) is 13.9. The maximum absolute atomic E-state index is 12.9. The molecule has 0 unspecified atom stereocenters. The molecule has 25 heavy (non-hydrogen) atoms. The first kappa shape index (κ1) is 16.1. The van der Waals surface area contributed by atoms with E-state index in [1.165, 1.54) is 5.56 Å². The van der Waals surface area contributed by atoms with Crippen LogP contribution in [0.2, 0.25) is 0 Å². The Morgan fingerprint density at radius 3 is 2.88 bits per heavy atom. The first-order chi connectivity index (χ1) is 12.0. The molecule has 1 aliphatic rings. The van der Waals surface area contributed by atoms with Crippen molar-refractivity contribution in [2.45, 2.75) is 24.8 Å². The van der Waals surface area contributed by atoms with E-state index in [0.29, 0.717) is 11.2 Å². The molecular weight excluding hydrogens is 334 g/mol. The van der Waals surface area contributed by atoms with E-state index in [0.717, 1.165) is 36.0 Å². The Hall–Kier alpha value is -2.44. The summed E-state index contributed by atoms with van der Waals surface area (Å²) >= 11 is 0. The predicted molar refractivity (Wildman–Crippen MR) is 99.1 cm³/mol. The molecule has 3 aromatic rings. The van der Waals surface area contributed by atoms with E-state index in [-0.39, 0.29) is 4.90 Å². The summed E-state index contributed by atoms with van der Waals surface area (Å²) in [6, 6.07) is 12.9. The minimum atomic E-state index is -3.71. The van der Waals surface area contributed by atoms with E-state index >= 15 is 0 Å². The summed E-state index contributed by atoms with van der Waals surface area (Å²) in [5.41, 5.74) is 4.46. The summed E-state index contributed by atoms with van der Waals surface area (Å²) in [5.74, 6) is 0. The van der Waals surface area contributed by atoms with Crippen molar-refractivity contribution >= 4 is 26.6 Å². The topological polar surface area (TPSA) is 71.1 Å². The Kier molecular flexibility index (Phi) is 3.94. The molecule has 0 amide bonds. The quantitative estimate of drug-likeness (QED) is 0.759. The molecule has 0 fully saturated rings. The summed E-state index contributed by atoms with van der Waals surface area (Å²) in [4.78, 5) is 4.52. The number of aryl methyl sites for hydroxylation is 1. The predicted octanol–water partition coefficient (Wildman–Crippen LogP) is 2.99. The van der Waals surface area contributed by atoms with Crippen LogP contribution < -0.4 is 10.0 Å². The number of pyridine rings is 1. The Morgan fingerprint density at radius 2 is 2.00 bits per heavy atom. The van der Waals surface area contributed by atoms with Crippen LogP contribution in [0.4, 0.5) is 5.69 Å². The molecule has 0 bridgehead atoms. The second-order valence-electron chi connectivity index (χ2n) is 6.36. The summed E-state index contributed by atoms with van der Waals surface area (Å²) in [5, 5.41) is 4.12. The van der Waals surface area contributed by atoms with Gasteiger partial charge in [-0.05, 0) is 60.8 Å². The lowest BCUT2D eigenvalue weighted by Crippen LogP contribution is -2.23. The average molecular weight is 353 g/mol. The van der Waals surface area contributed by atoms with Crippen molar-refractivity contribution in [3.05, 3.63) is 65.4 Å². The number of fused-ring (bicyclic) bond motifs is 2. The van der Waals surface area contributed by atoms with Gasteiger partial charge in [0.25, 0.3) is 10.0 Å². The van der Waals surface area contributed by atoms with E-state index in [1.54, 1.807) is 18.3 Å². The van der Waals surface area contributed by atoms with E-state index in [9.17, 15) is 8.42 Å². The number of sulfonamides is 1. The third-order valence-corrected chi connectivity index (χ3v) is 5.86. The number of benzene rings is 2. The fourth-order valence-electron chi connectivity index (χ4n) is 3.21. The van der Waals surface area contributed by atoms with Crippen molar-refractivity contribution in [3.8, 4) is 0 Å². The second kappa shape index (κ2) is 6.13. The summed E-state index contributed by atoms with van der Waals surface area (Å²) in [6.07, 6.45) is 2.65. The van der Waals surface area contributed by atoms with Gasteiger partial charge < -0.3 is 5.32 Å². The molecule has 1 aromatic heterocycles. The third-order valence-electron chi connectivity index (χ3n) is 4.45. The van der Waals surface area contributed by atoms with Gasteiger partial charge in [0.2, 0.25) is 0 Å². The summed E-state index contributed by atoms with van der Waals surface area (Å²) in [7, 11) is -3.71. The number of anilines is 1. The van der Waals surface area contributed by atoms with E-state index in [4.69, 9.17) is 0 Å². The van der Waals surface area contributed by atoms with Gasteiger partial charge in [0.1, 0.15) is 4.90 Å². The standard InChI is InChI=1S/C19H19N3O2S/c1-13-9-15-3-2-4-18(19(15)21-11-13)25(23,24)22-17-6-5-14-7-8-20-12-16(14)10-17/h2-6,9-11,20,22H,7-8,12H2,1H3. The molecule has 2 N–H and O–H groups in total. The highest BCUT2D eigenvalue weighted by atomic mass is 32.2. The van der Waals surface area contributed by atoms with Gasteiger partial charge >= 0.3 is 0 Å². The molecule has 1 aliphatic heterocycles. The molecule has 6 heteroatoms. The molecule has 0 radical (unpaired) electrons. The molecule has 0 saturated heterocycles. The normalized spacial score (nSPS) is 14.3. The van der Waals surface area contributed by atoms with Crippen LogP contribution in [0.5, 0.6) is 0 Å². The van der Waals surface area contributed by atoms with Crippen molar-refractivity contribution in [1.82, 2.24) is 10.3 Å². The van der Waals surface area contributed by atoms with Gasteiger partial charge in [-0.2, -0.15) is 0 Å². The van der Waals surface area contributed by atoms with Gasteiger partial charge in [-0.1, -0.05) is 18.2 Å². The Labute approximate surface area is 147 Å². The number of aromatic nitrogens is 1. The van der Waals surface area contributed by atoms with Crippen LogP contribution in [0, 0.1) is 6.92 Å². The van der Waals surface area contributed by atoms with Gasteiger partial charge in [0, 0.05) is 23.8 Å². The highest BCUT2D eigenvalue weighted by Crippen LogP contribution is 2.25. The molecule has 4 rings (SSSR count). The number of nitrogens with one attached hydrogen (secondary N) is 2. The van der Waals surface area contributed by atoms with Crippen LogP contribution in [0.15, 0.2) is 53.6 Å². The summed E-state index contributed by atoms with van der Waals surface area (Å²) < 4.78 is 28.5. The first-order valence-electron chi connectivity index (χ1n) is 8.24. The Balaban J connectivity index is 1.73. The van der Waals surface area contributed by atoms with Crippen LogP contribution in [-0.2, 0) is 23.0 Å². The maximum atomic E-state index is 12.9. The molecule has 128 valence electrons. The fourth-order valence-corrected chi connectivity index (χ4v) is 4.44. The van der Waals surface area contributed by atoms with Crippen LogP contribution in [-0.4, -0.2) is 19.9 Å². The molecule has 5 nitrogen and oxygen atoms in total. The number of nitrogens with zero attached hydrogens (tertiary/aromatic N) is 1. The SMILES string of the molecule is Cc1cnc2c(S(=O)(=O)Nc3ccc4c(c3)CNCC4)cccc2c1. The van der Waals surface area contributed by atoms with Crippen LogP contribution >= 0.6 is 0 Å². The van der Waals surface area contributed by atoms with Gasteiger partial charge in [0.15, 0.2) is 0 Å².